The van der Waals surface area contributed by atoms with E-state index >= 15 is 0 Å². The average Bonchev–Trinajstić information content (AvgIpc) is 2.29. The third-order valence-corrected chi connectivity index (χ3v) is 2.52. The van der Waals surface area contributed by atoms with Crippen molar-refractivity contribution in [2.24, 2.45) is 0 Å². The number of allylic oxidation sites excluding steroid dienone is 1. The Kier molecular flexibility index (Phi) is 1.75. The Labute approximate surface area is 71.9 Å². The number of carbonyl (C=O) groups excluding carboxylic acids is 1. The van der Waals surface area contributed by atoms with Crippen molar-refractivity contribution in [2.45, 2.75) is 32.1 Å². The summed E-state index contributed by atoms with van der Waals surface area (Å²) in [6.45, 7) is 3.73. The first-order chi connectivity index (χ1) is 5.79. The molecule has 2 rings (SSSR count). The molecule has 2 heteroatoms. The zero-order chi connectivity index (χ0) is 8.55. The van der Waals surface area contributed by atoms with Crippen molar-refractivity contribution in [1.82, 2.24) is 0 Å². The lowest BCUT2D eigenvalue weighted by atomic mass is 10.1. The van der Waals surface area contributed by atoms with Gasteiger partial charge in [0, 0.05) is 11.1 Å². The predicted molar refractivity (Wildman–Crippen MR) is 45.3 cm³/mol. The molecule has 0 atom stereocenters. The first-order valence-corrected chi connectivity index (χ1v) is 4.42. The van der Waals surface area contributed by atoms with Gasteiger partial charge in [0.25, 0.3) is 0 Å². The first kappa shape index (κ1) is 7.59. The van der Waals surface area contributed by atoms with Crippen molar-refractivity contribution in [3.05, 3.63) is 23.5 Å². The SMILES string of the molecule is C=C1OC(=O)C2=C1CCCCC2. The Morgan fingerprint density at radius 3 is 2.50 bits per heavy atom. The Morgan fingerprint density at radius 1 is 1.08 bits per heavy atom. The van der Waals surface area contributed by atoms with Crippen molar-refractivity contribution in [1.29, 1.82) is 0 Å². The number of carbonyl (C=O) groups is 1. The highest BCUT2D eigenvalue weighted by Gasteiger charge is 2.28. The minimum absolute atomic E-state index is 0.156. The molecule has 1 heterocycles. The fourth-order valence-corrected chi connectivity index (χ4v) is 1.85. The highest BCUT2D eigenvalue weighted by atomic mass is 16.5. The molecule has 0 aromatic rings. The van der Waals surface area contributed by atoms with Crippen LogP contribution in [-0.4, -0.2) is 5.97 Å². The molecule has 0 spiro atoms. The van der Waals surface area contributed by atoms with E-state index in [9.17, 15) is 4.79 Å². The van der Waals surface area contributed by atoms with Gasteiger partial charge in [-0.2, -0.15) is 0 Å². The van der Waals surface area contributed by atoms with Crippen LogP contribution >= 0.6 is 0 Å². The van der Waals surface area contributed by atoms with Crippen LogP contribution in [0, 0.1) is 0 Å². The minimum Gasteiger partial charge on any atom is -0.423 e. The molecule has 0 bridgehead atoms. The number of rotatable bonds is 0. The lowest BCUT2D eigenvalue weighted by Gasteiger charge is -1.99. The molecule has 0 fully saturated rings. The maximum atomic E-state index is 11.2. The van der Waals surface area contributed by atoms with E-state index in [0.717, 1.165) is 36.8 Å². The third-order valence-electron chi connectivity index (χ3n) is 2.52. The lowest BCUT2D eigenvalue weighted by molar-refractivity contribution is -0.133. The summed E-state index contributed by atoms with van der Waals surface area (Å²) in [6, 6.07) is 0. The van der Waals surface area contributed by atoms with Crippen LogP contribution in [-0.2, 0) is 9.53 Å². The largest absolute Gasteiger partial charge is 0.423 e. The maximum absolute atomic E-state index is 11.2. The van der Waals surface area contributed by atoms with Gasteiger partial charge in [-0.1, -0.05) is 13.0 Å². The van der Waals surface area contributed by atoms with Gasteiger partial charge >= 0.3 is 5.97 Å². The van der Waals surface area contributed by atoms with Crippen LogP contribution in [0.2, 0.25) is 0 Å². The number of cyclic esters (lactones) is 1. The molecule has 0 saturated heterocycles. The van der Waals surface area contributed by atoms with Gasteiger partial charge in [0.15, 0.2) is 0 Å². The van der Waals surface area contributed by atoms with E-state index in [0.29, 0.717) is 5.76 Å². The first-order valence-electron chi connectivity index (χ1n) is 4.42. The van der Waals surface area contributed by atoms with Crippen LogP contribution < -0.4 is 0 Å². The van der Waals surface area contributed by atoms with E-state index < -0.39 is 0 Å². The number of ether oxygens (including phenoxy) is 1. The molecule has 0 saturated carbocycles. The van der Waals surface area contributed by atoms with E-state index in [-0.39, 0.29) is 5.97 Å². The van der Waals surface area contributed by atoms with Gasteiger partial charge in [-0.15, -0.1) is 0 Å². The minimum atomic E-state index is -0.156. The van der Waals surface area contributed by atoms with Gasteiger partial charge in [-0.3, -0.25) is 0 Å². The highest BCUT2D eigenvalue weighted by molar-refractivity contribution is 5.94. The Hall–Kier alpha value is -1.05. The number of hydrogen-bond donors (Lipinski definition) is 0. The zero-order valence-corrected chi connectivity index (χ0v) is 7.06. The second-order valence-corrected chi connectivity index (χ2v) is 3.33. The van der Waals surface area contributed by atoms with Crippen molar-refractivity contribution >= 4 is 5.97 Å². The summed E-state index contributed by atoms with van der Waals surface area (Å²) in [4.78, 5) is 11.2. The monoisotopic (exact) mass is 164 g/mol. The van der Waals surface area contributed by atoms with Crippen molar-refractivity contribution < 1.29 is 9.53 Å². The van der Waals surface area contributed by atoms with Crippen LogP contribution in [0.15, 0.2) is 23.5 Å². The van der Waals surface area contributed by atoms with E-state index in [4.69, 9.17) is 4.74 Å². The number of esters is 1. The summed E-state index contributed by atoms with van der Waals surface area (Å²) >= 11 is 0. The second-order valence-electron chi connectivity index (χ2n) is 3.33. The lowest BCUT2D eigenvalue weighted by Crippen LogP contribution is -1.98. The van der Waals surface area contributed by atoms with E-state index in [1.54, 1.807) is 0 Å². The summed E-state index contributed by atoms with van der Waals surface area (Å²) < 4.78 is 4.96. The van der Waals surface area contributed by atoms with Crippen LogP contribution in [0.3, 0.4) is 0 Å². The fraction of sp³-hybridized carbons (Fsp3) is 0.500. The van der Waals surface area contributed by atoms with E-state index in [2.05, 4.69) is 6.58 Å². The molecule has 64 valence electrons. The summed E-state index contributed by atoms with van der Waals surface area (Å²) in [6.07, 6.45) is 5.34. The van der Waals surface area contributed by atoms with Crippen LogP contribution in [0.4, 0.5) is 0 Å². The molecule has 0 aromatic carbocycles. The van der Waals surface area contributed by atoms with Gasteiger partial charge in [0.05, 0.1) is 0 Å². The summed E-state index contributed by atoms with van der Waals surface area (Å²) in [7, 11) is 0. The molecule has 1 aliphatic carbocycles. The average molecular weight is 164 g/mol. The maximum Gasteiger partial charge on any atom is 0.339 e. The topological polar surface area (TPSA) is 26.3 Å². The molecule has 0 unspecified atom stereocenters. The summed E-state index contributed by atoms with van der Waals surface area (Å²) in [5, 5.41) is 0. The van der Waals surface area contributed by atoms with Crippen molar-refractivity contribution in [3.63, 3.8) is 0 Å². The summed E-state index contributed by atoms with van der Waals surface area (Å²) in [5.41, 5.74) is 1.97. The molecule has 0 amide bonds. The third kappa shape index (κ3) is 1.07. The van der Waals surface area contributed by atoms with Crippen LogP contribution in [0.5, 0.6) is 0 Å². The molecule has 12 heavy (non-hydrogen) atoms. The normalized spacial score (nSPS) is 23.7. The van der Waals surface area contributed by atoms with Crippen LogP contribution in [0.25, 0.3) is 0 Å². The molecule has 0 radical (unpaired) electrons. The second kappa shape index (κ2) is 2.77. The molecule has 1 aliphatic heterocycles. The molecular formula is C10H12O2. The summed E-state index contributed by atoms with van der Waals surface area (Å²) in [5.74, 6) is 0.439. The zero-order valence-electron chi connectivity index (χ0n) is 7.06. The van der Waals surface area contributed by atoms with E-state index in [1.165, 1.54) is 6.42 Å². The standard InChI is InChI=1S/C10H12O2/c1-7-8-5-3-2-4-6-9(8)10(11)12-7/h1-6H2. The van der Waals surface area contributed by atoms with E-state index in [1.807, 2.05) is 0 Å². The molecule has 0 aromatic heterocycles. The number of hydrogen-bond acceptors (Lipinski definition) is 2. The van der Waals surface area contributed by atoms with Gasteiger partial charge in [-0.25, -0.2) is 4.79 Å². The molecule has 2 aliphatic rings. The smallest absolute Gasteiger partial charge is 0.339 e. The van der Waals surface area contributed by atoms with Gasteiger partial charge in [0.1, 0.15) is 5.76 Å². The molecule has 2 nitrogen and oxygen atoms in total. The highest BCUT2D eigenvalue weighted by Crippen LogP contribution is 2.34. The van der Waals surface area contributed by atoms with Gasteiger partial charge in [-0.05, 0) is 25.7 Å². The van der Waals surface area contributed by atoms with Crippen molar-refractivity contribution in [2.75, 3.05) is 0 Å². The Morgan fingerprint density at radius 2 is 1.75 bits per heavy atom. The van der Waals surface area contributed by atoms with Gasteiger partial charge < -0.3 is 4.74 Å². The van der Waals surface area contributed by atoms with Gasteiger partial charge in [0.2, 0.25) is 0 Å². The Bertz CT molecular complexity index is 248. The predicted octanol–water partition coefficient (Wildman–Crippen LogP) is 2.32. The quantitative estimate of drug-likeness (QED) is 0.513. The van der Waals surface area contributed by atoms with Crippen LogP contribution in [0.1, 0.15) is 32.1 Å². The molecule has 0 N–H and O–H groups in total. The van der Waals surface area contributed by atoms with Crippen molar-refractivity contribution in [3.8, 4) is 0 Å². The Balaban J connectivity index is 2.33. The fourth-order valence-electron chi connectivity index (χ4n) is 1.85. The molecular weight excluding hydrogens is 152 g/mol.